The van der Waals surface area contributed by atoms with E-state index in [0.29, 0.717) is 5.75 Å². The van der Waals surface area contributed by atoms with Crippen LogP contribution >= 0.6 is 0 Å². The van der Waals surface area contributed by atoms with Crippen LogP contribution in [0.3, 0.4) is 0 Å². The summed E-state index contributed by atoms with van der Waals surface area (Å²) in [4.78, 5) is 11.6. The van der Waals surface area contributed by atoms with Crippen molar-refractivity contribution < 1.29 is 17.9 Å². The van der Waals surface area contributed by atoms with Crippen molar-refractivity contribution in [2.45, 2.75) is 0 Å². The lowest BCUT2D eigenvalue weighted by Gasteiger charge is -2.07. The first-order chi connectivity index (χ1) is 9.16. The summed E-state index contributed by atoms with van der Waals surface area (Å²) in [5.41, 5.74) is 0.0931. The molecule has 0 spiro atoms. The number of carbonyl (C=O) groups excluding carboxylic acids is 1. The maximum absolute atomic E-state index is 11.6. The molecule has 0 aliphatic rings. The summed E-state index contributed by atoms with van der Waals surface area (Å²) in [5.74, 6) is -0.0567. The number of benzene rings is 2. The van der Waals surface area contributed by atoms with Gasteiger partial charge in [-0.05, 0) is 24.3 Å². The summed E-state index contributed by atoms with van der Waals surface area (Å²) >= 11 is 0. The molecule has 0 aliphatic carbocycles. The van der Waals surface area contributed by atoms with E-state index in [1.807, 2.05) is 6.07 Å². The highest BCUT2D eigenvalue weighted by Crippen LogP contribution is 2.25. The van der Waals surface area contributed by atoms with Gasteiger partial charge in [-0.3, -0.25) is 4.79 Å². The molecule has 0 N–H and O–H groups in total. The van der Waals surface area contributed by atoms with Crippen molar-refractivity contribution in [3.63, 3.8) is 0 Å². The Morgan fingerprint density at radius 2 is 1.58 bits per heavy atom. The normalized spacial score (nSPS) is 9.68. The lowest BCUT2D eigenvalue weighted by Crippen LogP contribution is -1.98. The van der Waals surface area contributed by atoms with Gasteiger partial charge in [0, 0.05) is 0 Å². The highest BCUT2D eigenvalue weighted by atomic mass is 32.2. The van der Waals surface area contributed by atoms with Gasteiger partial charge in [0.05, 0.1) is 5.56 Å². The van der Waals surface area contributed by atoms with Gasteiger partial charge < -0.3 is 4.74 Å². The van der Waals surface area contributed by atoms with Crippen molar-refractivity contribution >= 4 is 16.4 Å². The molecular weight excluding hydrogens is 266 g/mol. The maximum Gasteiger partial charge on any atom is 0.319 e. The Morgan fingerprint density at radius 3 is 2.26 bits per heavy atom. The van der Waals surface area contributed by atoms with Crippen molar-refractivity contribution in [2.75, 3.05) is 0 Å². The van der Waals surface area contributed by atoms with Crippen LogP contribution in [0.15, 0.2) is 59.0 Å². The standard InChI is InChI=1S/C13H9NO4S/c15-13(14-19(16)17)11-8-4-5-9-12(11)18-10-6-2-1-3-7-10/h1-9H. The zero-order chi connectivity index (χ0) is 13.7. The molecule has 0 saturated heterocycles. The molecule has 19 heavy (non-hydrogen) atoms. The van der Waals surface area contributed by atoms with Gasteiger partial charge in [0.1, 0.15) is 11.5 Å². The van der Waals surface area contributed by atoms with Gasteiger partial charge in [-0.25, -0.2) is 0 Å². The molecular formula is C13H9NO4S. The summed E-state index contributed by atoms with van der Waals surface area (Å²) in [6.45, 7) is 0. The minimum Gasteiger partial charge on any atom is -0.457 e. The van der Waals surface area contributed by atoms with Crippen molar-refractivity contribution in [1.82, 2.24) is 0 Å². The smallest absolute Gasteiger partial charge is 0.319 e. The molecule has 0 fully saturated rings. The fourth-order valence-corrected chi connectivity index (χ4v) is 1.70. The number of carbonyl (C=O) groups is 1. The summed E-state index contributed by atoms with van der Waals surface area (Å²) in [7, 11) is -2.78. The number of para-hydroxylation sites is 2. The Balaban J connectivity index is 2.37. The monoisotopic (exact) mass is 275 g/mol. The maximum atomic E-state index is 11.6. The van der Waals surface area contributed by atoms with Crippen LogP contribution in [0.1, 0.15) is 10.4 Å². The highest BCUT2D eigenvalue weighted by Gasteiger charge is 2.12. The summed E-state index contributed by atoms with van der Waals surface area (Å²) in [5, 5.41) is 0. The van der Waals surface area contributed by atoms with Gasteiger partial charge in [-0.1, -0.05) is 34.7 Å². The van der Waals surface area contributed by atoms with Crippen molar-refractivity contribution in [3.05, 3.63) is 60.2 Å². The minimum absolute atomic E-state index is 0.0931. The second-order valence-corrected chi connectivity index (χ2v) is 4.14. The lowest BCUT2D eigenvalue weighted by atomic mass is 10.2. The van der Waals surface area contributed by atoms with Gasteiger partial charge in [0.15, 0.2) is 0 Å². The molecule has 2 rings (SSSR count). The van der Waals surface area contributed by atoms with Gasteiger partial charge in [-0.15, -0.1) is 0 Å². The average molecular weight is 275 g/mol. The van der Waals surface area contributed by atoms with Gasteiger partial charge >= 0.3 is 10.5 Å². The fraction of sp³-hybridized carbons (Fsp3) is 0. The molecule has 0 heterocycles. The number of nitrogens with zero attached hydrogens (tertiary/aromatic N) is 1. The van der Waals surface area contributed by atoms with Crippen LogP contribution in [0.2, 0.25) is 0 Å². The van der Waals surface area contributed by atoms with Crippen LogP contribution in [0.5, 0.6) is 11.5 Å². The second-order valence-electron chi connectivity index (χ2n) is 3.52. The molecule has 2 aromatic carbocycles. The Morgan fingerprint density at radius 1 is 0.947 bits per heavy atom. The highest BCUT2D eigenvalue weighted by molar-refractivity contribution is 7.62. The van der Waals surface area contributed by atoms with E-state index in [1.54, 1.807) is 42.5 Å². The quantitative estimate of drug-likeness (QED) is 0.863. The second kappa shape index (κ2) is 5.92. The minimum atomic E-state index is -2.78. The SMILES string of the molecule is O=C(N=S(=O)=O)c1ccccc1Oc1ccccc1. The van der Waals surface area contributed by atoms with E-state index in [-0.39, 0.29) is 11.3 Å². The number of amides is 1. The Hall–Kier alpha value is -2.47. The van der Waals surface area contributed by atoms with E-state index in [4.69, 9.17) is 4.74 Å². The third-order valence-electron chi connectivity index (χ3n) is 2.25. The predicted molar refractivity (Wildman–Crippen MR) is 68.6 cm³/mol. The molecule has 0 aliphatic heterocycles. The molecule has 96 valence electrons. The molecule has 6 heteroatoms. The van der Waals surface area contributed by atoms with Crippen LogP contribution in [-0.2, 0) is 10.5 Å². The summed E-state index contributed by atoms with van der Waals surface area (Å²) < 4.78 is 29.3. The fourth-order valence-electron chi connectivity index (χ4n) is 1.46. The number of hydrogen-bond acceptors (Lipinski definition) is 4. The van der Waals surface area contributed by atoms with E-state index in [1.165, 1.54) is 6.07 Å². The van der Waals surface area contributed by atoms with E-state index in [0.717, 1.165) is 0 Å². The van der Waals surface area contributed by atoms with Crippen molar-refractivity contribution in [1.29, 1.82) is 0 Å². The van der Waals surface area contributed by atoms with Gasteiger partial charge in [-0.2, -0.15) is 8.42 Å². The molecule has 0 saturated carbocycles. The number of rotatable bonds is 3. The van der Waals surface area contributed by atoms with Crippen LogP contribution in [0.4, 0.5) is 0 Å². The van der Waals surface area contributed by atoms with Crippen LogP contribution < -0.4 is 4.74 Å². The largest absolute Gasteiger partial charge is 0.457 e. The topological polar surface area (TPSA) is 72.8 Å². The van der Waals surface area contributed by atoms with Crippen LogP contribution in [0, 0.1) is 0 Å². The predicted octanol–water partition coefficient (Wildman–Crippen LogP) is 2.68. The number of ether oxygens (including phenoxy) is 1. The Bertz CT molecular complexity index is 715. The molecule has 0 atom stereocenters. The Kier molecular flexibility index (Phi) is 4.04. The van der Waals surface area contributed by atoms with E-state index in [9.17, 15) is 13.2 Å². The molecule has 1 amide bonds. The van der Waals surface area contributed by atoms with Crippen molar-refractivity contribution in [2.24, 2.45) is 4.36 Å². The average Bonchev–Trinajstić information content (AvgIpc) is 2.39. The number of hydrogen-bond donors (Lipinski definition) is 0. The molecule has 0 radical (unpaired) electrons. The van der Waals surface area contributed by atoms with E-state index >= 15 is 0 Å². The van der Waals surface area contributed by atoms with Gasteiger partial charge in [0.25, 0.3) is 5.91 Å². The molecule has 2 aromatic rings. The summed E-state index contributed by atoms with van der Waals surface area (Å²) in [6, 6.07) is 15.2. The molecule has 0 bridgehead atoms. The van der Waals surface area contributed by atoms with E-state index in [2.05, 4.69) is 4.36 Å². The molecule has 0 unspecified atom stereocenters. The Labute approximate surface area is 111 Å². The van der Waals surface area contributed by atoms with E-state index < -0.39 is 16.4 Å². The van der Waals surface area contributed by atoms with Crippen molar-refractivity contribution in [3.8, 4) is 11.5 Å². The lowest BCUT2D eigenvalue weighted by molar-refractivity contribution is 0.100. The third-order valence-corrected chi connectivity index (χ3v) is 2.56. The zero-order valence-corrected chi connectivity index (χ0v) is 10.5. The zero-order valence-electron chi connectivity index (χ0n) is 9.68. The molecule has 5 nitrogen and oxygen atoms in total. The third kappa shape index (κ3) is 3.49. The van der Waals surface area contributed by atoms with Crippen LogP contribution in [0.25, 0.3) is 0 Å². The first-order valence-electron chi connectivity index (χ1n) is 5.34. The van der Waals surface area contributed by atoms with Crippen LogP contribution in [-0.4, -0.2) is 14.3 Å². The molecule has 0 aromatic heterocycles. The van der Waals surface area contributed by atoms with Gasteiger partial charge in [0.2, 0.25) is 0 Å². The summed E-state index contributed by atoms with van der Waals surface area (Å²) in [6.07, 6.45) is 0. The first-order valence-corrected chi connectivity index (χ1v) is 6.37. The first kappa shape index (κ1) is 13.0.